The van der Waals surface area contributed by atoms with Gasteiger partial charge in [0.15, 0.2) is 0 Å². The first kappa shape index (κ1) is 6.22. The smallest absolute Gasteiger partial charge is 0.0825 e. The highest BCUT2D eigenvalue weighted by Gasteiger charge is 1.80. The standard InChI is InChI=1S/H4NOP5/c2-1-7-5-3-4-6-7/h3-6H. The number of hydrogen-bond acceptors (Lipinski definition) is 2. The average molecular weight is 189 g/mol. The van der Waals surface area contributed by atoms with Gasteiger partial charge in [0, 0.05) is 0 Å². The first-order chi connectivity index (χ1) is 3.43. The predicted molar refractivity (Wildman–Crippen MR) is 46.0 cm³/mol. The maximum atomic E-state index is 9.81. The van der Waals surface area contributed by atoms with Crippen molar-refractivity contribution in [1.82, 2.24) is 0 Å². The van der Waals surface area contributed by atoms with E-state index in [1.807, 2.05) is 0 Å². The summed E-state index contributed by atoms with van der Waals surface area (Å²) in [6, 6.07) is 0. The van der Waals surface area contributed by atoms with E-state index in [1.54, 1.807) is 0 Å². The molecule has 0 saturated heterocycles. The molecule has 0 saturated carbocycles. The molecule has 0 fully saturated rings. The summed E-state index contributed by atoms with van der Waals surface area (Å²) in [6.07, 6.45) is 0. The lowest BCUT2D eigenvalue weighted by molar-refractivity contribution is 1.88. The summed E-state index contributed by atoms with van der Waals surface area (Å²) < 4.78 is 0. The van der Waals surface area contributed by atoms with Crippen LogP contribution >= 0.6 is 37.2 Å². The quantitative estimate of drug-likeness (QED) is 0.621. The molecule has 1 rings (SSSR count). The molecule has 7 heavy (non-hydrogen) atoms. The van der Waals surface area contributed by atoms with Crippen molar-refractivity contribution in [3.05, 3.63) is 4.91 Å². The van der Waals surface area contributed by atoms with Gasteiger partial charge in [-0.15, -0.1) is 4.91 Å². The van der Waals surface area contributed by atoms with Crippen molar-refractivity contribution in [1.29, 1.82) is 0 Å². The minimum absolute atomic E-state index is 0.293. The van der Waals surface area contributed by atoms with Gasteiger partial charge in [-0.25, -0.2) is 0 Å². The maximum absolute atomic E-state index is 9.81. The van der Waals surface area contributed by atoms with Gasteiger partial charge in [0.1, 0.15) is 0 Å². The molecular weight excluding hydrogens is 185 g/mol. The zero-order valence-electron chi connectivity index (χ0n) is 3.30. The van der Waals surface area contributed by atoms with E-state index in [1.165, 1.54) is 0 Å². The topological polar surface area (TPSA) is 29.4 Å². The molecule has 0 N–H and O–H groups in total. The third-order valence-electron chi connectivity index (χ3n) is 0.468. The fourth-order valence-electron chi connectivity index (χ4n) is 0.231. The van der Waals surface area contributed by atoms with Crippen molar-refractivity contribution in [3.63, 3.8) is 0 Å². The molecule has 0 aliphatic carbocycles. The third-order valence-corrected chi connectivity index (χ3v) is 26.6. The van der Waals surface area contributed by atoms with E-state index in [2.05, 4.69) is 4.95 Å². The lowest BCUT2D eigenvalue weighted by Gasteiger charge is -1.67. The van der Waals surface area contributed by atoms with E-state index in [0.29, 0.717) is 0 Å². The Morgan fingerprint density at radius 1 is 1.29 bits per heavy atom. The summed E-state index contributed by atoms with van der Waals surface area (Å²) in [4.78, 5) is 12.8. The van der Waals surface area contributed by atoms with E-state index in [4.69, 9.17) is 0 Å². The van der Waals surface area contributed by atoms with Crippen LogP contribution < -0.4 is 0 Å². The lowest BCUT2D eigenvalue weighted by Crippen LogP contribution is -1.10. The second kappa shape index (κ2) is 3.19. The van der Waals surface area contributed by atoms with Crippen LogP contribution in [0.15, 0.2) is 4.95 Å². The number of rotatable bonds is 1. The van der Waals surface area contributed by atoms with Gasteiger partial charge in [-0.05, 0) is 4.95 Å². The Balaban J connectivity index is 2.96. The van der Waals surface area contributed by atoms with Crippen LogP contribution in [0.25, 0.3) is 0 Å². The van der Waals surface area contributed by atoms with Crippen LogP contribution in [0.3, 0.4) is 0 Å². The molecule has 0 aliphatic rings. The molecule has 2 nitrogen and oxygen atoms in total. The molecule has 1 aromatic rings. The fraction of sp³-hybridized carbons (Fsp3) is 0. The third kappa shape index (κ3) is 1.81. The van der Waals surface area contributed by atoms with Crippen LogP contribution in [-0.4, -0.2) is 0 Å². The monoisotopic (exact) mass is 189 g/mol. The highest BCUT2D eigenvalue weighted by molar-refractivity contribution is 8.59. The van der Waals surface area contributed by atoms with E-state index in [0.717, 1.165) is 30.2 Å². The lowest BCUT2D eigenvalue weighted by atomic mass is 13.7. The number of hydrogen-bond donors (Lipinski definition) is 0. The second-order valence-corrected chi connectivity index (χ2v) is 17.9. The maximum Gasteiger partial charge on any atom is 0.0825 e. The molecular formula is H4NOP5. The van der Waals surface area contributed by atoms with Gasteiger partial charge < -0.3 is 0 Å². The van der Waals surface area contributed by atoms with Crippen LogP contribution in [0.1, 0.15) is 0 Å². The Bertz CT molecular complexity index is 143. The summed E-state index contributed by atoms with van der Waals surface area (Å²) in [5.41, 5.74) is 0. The molecule has 0 radical (unpaired) electrons. The second-order valence-electron chi connectivity index (χ2n) is 0.867. The SMILES string of the molecule is O=Np1[pH][pH][pH][pH]1. The number of nitroso groups, excluding NO2 is 1. The Morgan fingerprint density at radius 2 is 1.86 bits per heavy atom. The van der Waals surface area contributed by atoms with E-state index in [-0.39, 0.29) is 7.04 Å². The van der Waals surface area contributed by atoms with Crippen molar-refractivity contribution in [2.75, 3.05) is 0 Å². The molecule has 4 unspecified atom stereocenters. The summed E-state index contributed by atoms with van der Waals surface area (Å²) in [7, 11) is 3.78. The summed E-state index contributed by atoms with van der Waals surface area (Å²) in [6.45, 7) is 0. The van der Waals surface area contributed by atoms with Crippen LogP contribution in [0, 0.1) is 4.91 Å². The van der Waals surface area contributed by atoms with Crippen LogP contribution in [0.5, 0.6) is 0 Å². The van der Waals surface area contributed by atoms with Gasteiger partial charge in [-0.2, -0.15) is 0 Å². The molecule has 0 aromatic carbocycles. The van der Waals surface area contributed by atoms with Crippen molar-refractivity contribution < 1.29 is 0 Å². The zero-order valence-corrected chi connectivity index (χ0v) is 8.20. The molecule has 0 bridgehead atoms. The fourth-order valence-corrected chi connectivity index (χ4v) is 39.1. The Hall–Kier alpha value is 1.10. The van der Waals surface area contributed by atoms with Gasteiger partial charge >= 0.3 is 0 Å². The average Bonchev–Trinajstić information content (AvgIpc) is 2.14. The van der Waals surface area contributed by atoms with E-state index in [9.17, 15) is 4.91 Å². The minimum Gasteiger partial charge on any atom is -0.141 e. The Labute approximate surface area is 47.7 Å². The van der Waals surface area contributed by atoms with Crippen LogP contribution in [0.4, 0.5) is 0 Å². The van der Waals surface area contributed by atoms with Gasteiger partial charge in [0.2, 0.25) is 0 Å². The molecule has 1 heterocycles. The molecule has 4 atom stereocenters. The normalized spacial score (nSPS) is 15.7. The van der Waals surface area contributed by atoms with Gasteiger partial charge in [-0.3, -0.25) is 0 Å². The molecule has 40 valence electrons. The zero-order chi connectivity index (χ0) is 5.11. The Kier molecular flexibility index (Phi) is 2.84. The van der Waals surface area contributed by atoms with Crippen molar-refractivity contribution >= 4 is 37.2 Å². The summed E-state index contributed by atoms with van der Waals surface area (Å²) in [5.74, 6) is 0. The molecule has 1 aromatic heterocycles. The van der Waals surface area contributed by atoms with Crippen molar-refractivity contribution in [3.8, 4) is 0 Å². The van der Waals surface area contributed by atoms with E-state index >= 15 is 0 Å². The minimum atomic E-state index is -0.293. The van der Waals surface area contributed by atoms with Gasteiger partial charge in [-0.1, -0.05) is 30.2 Å². The highest BCUT2D eigenvalue weighted by Crippen LogP contribution is 2.61. The molecule has 0 aliphatic heterocycles. The highest BCUT2D eigenvalue weighted by atomic mass is 32.6. The largest absolute Gasteiger partial charge is 0.141 e. The van der Waals surface area contributed by atoms with Gasteiger partial charge in [0.25, 0.3) is 0 Å². The molecule has 7 heteroatoms. The first-order valence-electron chi connectivity index (χ1n) is 1.58. The molecule has 0 spiro atoms. The summed E-state index contributed by atoms with van der Waals surface area (Å²) >= 11 is 0. The van der Waals surface area contributed by atoms with Crippen LogP contribution in [-0.2, 0) is 0 Å². The van der Waals surface area contributed by atoms with E-state index < -0.39 is 0 Å². The predicted octanol–water partition coefficient (Wildman–Crippen LogP) is 3.45. The number of nitrogens with zero attached hydrogens (tertiary/aromatic N) is 1. The molecule has 0 amide bonds. The van der Waals surface area contributed by atoms with Crippen LogP contribution in [0.2, 0.25) is 0 Å². The summed E-state index contributed by atoms with van der Waals surface area (Å²) in [5, 5.41) is 0. The first-order valence-corrected chi connectivity index (χ1v) is 11.6. The Morgan fingerprint density at radius 3 is 2.14 bits per heavy atom. The van der Waals surface area contributed by atoms with Crippen molar-refractivity contribution in [2.24, 2.45) is 4.95 Å². The van der Waals surface area contributed by atoms with Crippen molar-refractivity contribution in [2.45, 2.75) is 0 Å². The van der Waals surface area contributed by atoms with Gasteiger partial charge in [0.05, 0.1) is 7.04 Å².